The van der Waals surface area contributed by atoms with E-state index < -0.39 is 0 Å². The number of carbonyl (C=O) groups excluding carboxylic acids is 1. The van der Waals surface area contributed by atoms with Crippen LogP contribution in [0.4, 0.5) is 0 Å². The van der Waals surface area contributed by atoms with E-state index in [1.165, 1.54) is 0 Å². The molecule has 0 unspecified atom stereocenters. The lowest BCUT2D eigenvalue weighted by Gasteiger charge is -2.34. The SMILES string of the molecule is CC1(NC(=O)c2csc(I)c2)CCOCC1. The zero-order chi connectivity index (χ0) is 11.6. The van der Waals surface area contributed by atoms with Crippen molar-refractivity contribution in [3.05, 3.63) is 19.9 Å². The second-order valence-electron chi connectivity index (χ2n) is 4.27. The van der Waals surface area contributed by atoms with E-state index in [1.54, 1.807) is 11.3 Å². The molecule has 0 bridgehead atoms. The molecule has 3 nitrogen and oxygen atoms in total. The lowest BCUT2D eigenvalue weighted by molar-refractivity contribution is 0.0423. The van der Waals surface area contributed by atoms with Gasteiger partial charge in [-0.2, -0.15) is 0 Å². The van der Waals surface area contributed by atoms with Crippen LogP contribution < -0.4 is 5.32 Å². The molecule has 1 fully saturated rings. The Bertz CT molecular complexity index is 385. The fourth-order valence-electron chi connectivity index (χ4n) is 1.72. The fraction of sp³-hybridized carbons (Fsp3) is 0.545. The summed E-state index contributed by atoms with van der Waals surface area (Å²) in [6.45, 7) is 3.56. The Hall–Kier alpha value is -0.140. The summed E-state index contributed by atoms with van der Waals surface area (Å²) in [7, 11) is 0. The van der Waals surface area contributed by atoms with E-state index in [4.69, 9.17) is 4.74 Å². The molecule has 2 rings (SSSR count). The number of hydrogen-bond acceptors (Lipinski definition) is 3. The van der Waals surface area contributed by atoms with Crippen molar-refractivity contribution in [2.75, 3.05) is 13.2 Å². The standard InChI is InChI=1S/C11H14INO2S/c1-11(2-4-15-5-3-11)13-10(14)8-6-9(12)16-7-8/h6-7H,2-5H2,1H3,(H,13,14). The summed E-state index contributed by atoms with van der Waals surface area (Å²) in [5.41, 5.74) is 0.657. The van der Waals surface area contributed by atoms with Crippen LogP contribution in [0.5, 0.6) is 0 Å². The highest BCUT2D eigenvalue weighted by Crippen LogP contribution is 2.22. The van der Waals surface area contributed by atoms with Gasteiger partial charge in [0.25, 0.3) is 5.91 Å². The largest absolute Gasteiger partial charge is 0.381 e. The number of thiophene rings is 1. The van der Waals surface area contributed by atoms with Crippen molar-refractivity contribution in [1.82, 2.24) is 5.32 Å². The van der Waals surface area contributed by atoms with Gasteiger partial charge in [-0.05, 0) is 48.4 Å². The molecule has 1 aromatic heterocycles. The molecule has 88 valence electrons. The average molecular weight is 351 g/mol. The van der Waals surface area contributed by atoms with Crippen molar-refractivity contribution in [3.63, 3.8) is 0 Å². The third-order valence-corrected chi connectivity index (χ3v) is 4.63. The first kappa shape index (κ1) is 12.3. The third kappa shape index (κ3) is 2.95. The van der Waals surface area contributed by atoms with Gasteiger partial charge >= 0.3 is 0 Å². The maximum Gasteiger partial charge on any atom is 0.252 e. The van der Waals surface area contributed by atoms with E-state index in [-0.39, 0.29) is 11.4 Å². The van der Waals surface area contributed by atoms with Crippen molar-refractivity contribution >= 4 is 39.8 Å². The molecular weight excluding hydrogens is 337 g/mol. The number of hydrogen-bond donors (Lipinski definition) is 1. The van der Waals surface area contributed by atoms with Gasteiger partial charge in [0.15, 0.2) is 0 Å². The van der Waals surface area contributed by atoms with Crippen molar-refractivity contribution in [1.29, 1.82) is 0 Å². The molecule has 1 aliphatic heterocycles. The monoisotopic (exact) mass is 351 g/mol. The fourth-order valence-corrected chi connectivity index (χ4v) is 3.05. The molecular formula is C11H14INO2S. The minimum absolute atomic E-state index is 0.0311. The van der Waals surface area contributed by atoms with Crippen molar-refractivity contribution < 1.29 is 9.53 Å². The van der Waals surface area contributed by atoms with Crippen LogP contribution in [-0.4, -0.2) is 24.7 Å². The smallest absolute Gasteiger partial charge is 0.252 e. The van der Waals surface area contributed by atoms with E-state index in [0.717, 1.165) is 34.5 Å². The number of halogens is 1. The van der Waals surface area contributed by atoms with Gasteiger partial charge in [-0.1, -0.05) is 0 Å². The van der Waals surface area contributed by atoms with Gasteiger partial charge in [0.2, 0.25) is 0 Å². The number of carbonyl (C=O) groups is 1. The predicted molar refractivity (Wildman–Crippen MR) is 73.0 cm³/mol. The van der Waals surface area contributed by atoms with Gasteiger partial charge in [0.1, 0.15) is 0 Å². The Kier molecular flexibility index (Phi) is 3.86. The summed E-state index contributed by atoms with van der Waals surface area (Å²) in [6.07, 6.45) is 1.78. The Balaban J connectivity index is 2.01. The summed E-state index contributed by atoms with van der Waals surface area (Å²) < 4.78 is 6.44. The van der Waals surface area contributed by atoms with E-state index in [9.17, 15) is 4.79 Å². The van der Waals surface area contributed by atoms with Gasteiger partial charge < -0.3 is 10.1 Å². The molecule has 0 saturated carbocycles. The van der Waals surface area contributed by atoms with Crippen LogP contribution >= 0.6 is 33.9 Å². The van der Waals surface area contributed by atoms with Crippen LogP contribution in [0.1, 0.15) is 30.1 Å². The topological polar surface area (TPSA) is 38.3 Å². The summed E-state index contributed by atoms with van der Waals surface area (Å²) in [5.74, 6) is 0.0311. The molecule has 1 N–H and O–H groups in total. The molecule has 2 heterocycles. The zero-order valence-corrected chi connectivity index (χ0v) is 12.1. The van der Waals surface area contributed by atoms with Gasteiger partial charge in [0.05, 0.1) is 8.45 Å². The lowest BCUT2D eigenvalue weighted by atomic mass is 9.92. The van der Waals surface area contributed by atoms with Crippen LogP contribution in [0.15, 0.2) is 11.4 Å². The number of amides is 1. The van der Waals surface area contributed by atoms with Crippen molar-refractivity contribution in [2.24, 2.45) is 0 Å². The lowest BCUT2D eigenvalue weighted by Crippen LogP contribution is -2.49. The number of rotatable bonds is 2. The molecule has 0 radical (unpaired) electrons. The Morgan fingerprint density at radius 1 is 1.56 bits per heavy atom. The third-order valence-electron chi connectivity index (χ3n) is 2.84. The molecule has 1 saturated heterocycles. The molecule has 16 heavy (non-hydrogen) atoms. The van der Waals surface area contributed by atoms with Gasteiger partial charge in [-0.25, -0.2) is 0 Å². The Morgan fingerprint density at radius 2 is 2.25 bits per heavy atom. The minimum atomic E-state index is -0.108. The van der Waals surface area contributed by atoms with Gasteiger partial charge in [0, 0.05) is 24.1 Å². The highest BCUT2D eigenvalue weighted by molar-refractivity contribution is 14.1. The first-order valence-corrected chi connectivity index (χ1v) is 7.19. The maximum atomic E-state index is 12.0. The zero-order valence-electron chi connectivity index (χ0n) is 9.09. The predicted octanol–water partition coefficient (Wildman–Crippen LogP) is 2.65. The Labute approximate surface area is 113 Å². The van der Waals surface area contributed by atoms with Crippen LogP contribution in [0.2, 0.25) is 0 Å². The van der Waals surface area contributed by atoms with Crippen molar-refractivity contribution in [3.8, 4) is 0 Å². The molecule has 0 spiro atoms. The number of ether oxygens (including phenoxy) is 1. The van der Waals surface area contributed by atoms with E-state index in [0.29, 0.717) is 0 Å². The van der Waals surface area contributed by atoms with Crippen LogP contribution in [-0.2, 0) is 4.74 Å². The summed E-state index contributed by atoms with van der Waals surface area (Å²) in [6, 6.07) is 1.92. The molecule has 1 aliphatic rings. The average Bonchev–Trinajstić information content (AvgIpc) is 2.65. The van der Waals surface area contributed by atoms with Crippen LogP contribution in [0, 0.1) is 2.88 Å². The summed E-state index contributed by atoms with van der Waals surface area (Å²) in [5, 5.41) is 5.01. The normalized spacial score (nSPS) is 19.4. The molecule has 0 aliphatic carbocycles. The van der Waals surface area contributed by atoms with Gasteiger partial charge in [-0.15, -0.1) is 11.3 Å². The molecule has 0 atom stereocenters. The number of nitrogens with one attached hydrogen (secondary N) is 1. The highest BCUT2D eigenvalue weighted by atomic mass is 127. The van der Waals surface area contributed by atoms with Crippen molar-refractivity contribution in [2.45, 2.75) is 25.3 Å². The molecule has 1 amide bonds. The van der Waals surface area contributed by atoms with Gasteiger partial charge in [-0.3, -0.25) is 4.79 Å². The molecule has 1 aromatic rings. The summed E-state index contributed by atoms with van der Waals surface area (Å²) in [4.78, 5) is 12.0. The van der Waals surface area contributed by atoms with Crippen LogP contribution in [0.25, 0.3) is 0 Å². The second-order valence-corrected chi connectivity index (χ2v) is 7.07. The first-order valence-electron chi connectivity index (χ1n) is 5.23. The van der Waals surface area contributed by atoms with E-state index in [1.807, 2.05) is 11.4 Å². The first-order chi connectivity index (χ1) is 7.59. The maximum absolute atomic E-state index is 12.0. The molecule has 0 aromatic carbocycles. The quantitative estimate of drug-likeness (QED) is 0.832. The Morgan fingerprint density at radius 3 is 2.81 bits per heavy atom. The van der Waals surface area contributed by atoms with Crippen LogP contribution in [0.3, 0.4) is 0 Å². The summed E-state index contributed by atoms with van der Waals surface area (Å²) >= 11 is 3.82. The molecule has 5 heteroatoms. The van der Waals surface area contributed by atoms with E-state index >= 15 is 0 Å². The highest BCUT2D eigenvalue weighted by Gasteiger charge is 2.29. The minimum Gasteiger partial charge on any atom is -0.381 e. The van der Waals surface area contributed by atoms with E-state index in [2.05, 4.69) is 34.8 Å². The second kappa shape index (κ2) is 5.01.